The van der Waals surface area contributed by atoms with E-state index in [1.54, 1.807) is 24.0 Å². The maximum absolute atomic E-state index is 12.8. The minimum Gasteiger partial charge on any atom is -0.461 e. The van der Waals surface area contributed by atoms with Gasteiger partial charge in [0.25, 0.3) is 0 Å². The van der Waals surface area contributed by atoms with Gasteiger partial charge in [-0.1, -0.05) is 48.0 Å². The van der Waals surface area contributed by atoms with Crippen LogP contribution in [0, 0.1) is 6.92 Å². The molecule has 0 aliphatic carbocycles. The molecule has 31 heavy (non-hydrogen) atoms. The van der Waals surface area contributed by atoms with Gasteiger partial charge in [0.2, 0.25) is 5.91 Å². The molecule has 1 aromatic heterocycles. The van der Waals surface area contributed by atoms with Gasteiger partial charge in [-0.25, -0.2) is 9.48 Å². The standard InChI is InChI=1S/C25H25N3O3/c1-3-31-25(30)24-21-17-27(23(29)14-11-19-7-5-4-6-8-19)16-15-22(21)28(26-24)20-12-9-18(2)10-13-20/h4-14H,3,15-17H2,1-2H3/b14-11+. The average molecular weight is 415 g/mol. The van der Waals surface area contributed by atoms with Crippen LogP contribution in [0.25, 0.3) is 11.8 Å². The normalized spacial score (nSPS) is 13.3. The number of hydrogen-bond donors (Lipinski definition) is 0. The van der Waals surface area contributed by atoms with Crippen LogP contribution in [-0.2, 0) is 22.5 Å². The number of aryl methyl sites for hydroxylation is 1. The van der Waals surface area contributed by atoms with Crippen LogP contribution in [0.1, 0.15) is 39.8 Å². The Morgan fingerprint density at radius 1 is 1.10 bits per heavy atom. The van der Waals surface area contributed by atoms with Crippen LogP contribution in [0.5, 0.6) is 0 Å². The molecule has 1 aliphatic rings. The van der Waals surface area contributed by atoms with Gasteiger partial charge in [-0.3, -0.25) is 4.79 Å². The molecule has 0 saturated carbocycles. The smallest absolute Gasteiger partial charge is 0.359 e. The van der Waals surface area contributed by atoms with Crippen molar-refractivity contribution < 1.29 is 14.3 Å². The number of esters is 1. The van der Waals surface area contributed by atoms with Gasteiger partial charge >= 0.3 is 5.97 Å². The lowest BCUT2D eigenvalue weighted by molar-refractivity contribution is -0.126. The van der Waals surface area contributed by atoms with Crippen molar-refractivity contribution in [2.75, 3.05) is 13.2 Å². The fraction of sp³-hybridized carbons (Fsp3) is 0.240. The Bertz CT molecular complexity index is 1110. The Hall–Kier alpha value is -3.67. The van der Waals surface area contributed by atoms with E-state index in [2.05, 4.69) is 5.10 Å². The van der Waals surface area contributed by atoms with E-state index in [9.17, 15) is 9.59 Å². The largest absolute Gasteiger partial charge is 0.461 e. The highest BCUT2D eigenvalue weighted by atomic mass is 16.5. The molecule has 3 aromatic rings. The van der Waals surface area contributed by atoms with Crippen molar-refractivity contribution in [2.24, 2.45) is 0 Å². The number of carbonyl (C=O) groups excluding carboxylic acids is 2. The van der Waals surface area contributed by atoms with Crippen LogP contribution in [0.15, 0.2) is 60.7 Å². The zero-order valence-electron chi connectivity index (χ0n) is 17.7. The highest BCUT2D eigenvalue weighted by Gasteiger charge is 2.30. The van der Waals surface area contributed by atoms with E-state index in [1.165, 1.54) is 0 Å². The highest BCUT2D eigenvalue weighted by molar-refractivity contribution is 5.93. The molecule has 158 valence electrons. The molecule has 4 rings (SSSR count). The summed E-state index contributed by atoms with van der Waals surface area (Å²) in [6, 6.07) is 17.7. The van der Waals surface area contributed by atoms with Crippen LogP contribution in [0.3, 0.4) is 0 Å². The fourth-order valence-electron chi connectivity index (χ4n) is 3.71. The van der Waals surface area contributed by atoms with E-state index in [4.69, 9.17) is 4.74 Å². The van der Waals surface area contributed by atoms with Crippen LogP contribution in [-0.4, -0.2) is 39.7 Å². The summed E-state index contributed by atoms with van der Waals surface area (Å²) in [6.45, 7) is 4.95. The zero-order chi connectivity index (χ0) is 21.8. The maximum Gasteiger partial charge on any atom is 0.359 e. The van der Waals surface area contributed by atoms with Crippen molar-refractivity contribution in [1.82, 2.24) is 14.7 Å². The quantitative estimate of drug-likeness (QED) is 0.467. The molecule has 2 heterocycles. The van der Waals surface area contributed by atoms with Crippen molar-refractivity contribution >= 4 is 18.0 Å². The molecule has 1 amide bonds. The molecular weight excluding hydrogens is 390 g/mol. The first-order chi connectivity index (χ1) is 15.1. The van der Waals surface area contributed by atoms with Gasteiger partial charge in [0.1, 0.15) is 0 Å². The van der Waals surface area contributed by atoms with Crippen molar-refractivity contribution in [2.45, 2.75) is 26.8 Å². The molecule has 0 spiro atoms. The first kappa shape index (κ1) is 20.6. The zero-order valence-corrected chi connectivity index (χ0v) is 17.7. The molecule has 0 unspecified atom stereocenters. The Morgan fingerprint density at radius 3 is 2.55 bits per heavy atom. The molecule has 0 fully saturated rings. The summed E-state index contributed by atoms with van der Waals surface area (Å²) in [5.41, 5.74) is 4.99. The number of carbonyl (C=O) groups is 2. The Balaban J connectivity index is 1.63. The molecule has 0 saturated heterocycles. The Labute approximate surface area is 181 Å². The predicted octanol–water partition coefficient (Wildman–Crippen LogP) is 3.96. The highest BCUT2D eigenvalue weighted by Crippen LogP contribution is 2.26. The minimum atomic E-state index is -0.460. The Morgan fingerprint density at radius 2 is 1.84 bits per heavy atom. The van der Waals surface area contributed by atoms with Crippen LogP contribution in [0.4, 0.5) is 0 Å². The summed E-state index contributed by atoms with van der Waals surface area (Å²) >= 11 is 0. The lowest BCUT2D eigenvalue weighted by Gasteiger charge is -2.27. The predicted molar refractivity (Wildman–Crippen MR) is 119 cm³/mol. The molecule has 1 aliphatic heterocycles. The first-order valence-electron chi connectivity index (χ1n) is 10.4. The number of hydrogen-bond acceptors (Lipinski definition) is 4. The number of fused-ring (bicyclic) bond motifs is 1. The second-order valence-electron chi connectivity index (χ2n) is 7.50. The fourth-order valence-corrected chi connectivity index (χ4v) is 3.71. The summed E-state index contributed by atoms with van der Waals surface area (Å²) in [6.07, 6.45) is 4.00. The minimum absolute atomic E-state index is 0.0904. The SMILES string of the molecule is CCOC(=O)c1nn(-c2ccc(C)cc2)c2c1CN(C(=O)/C=C/c1ccccc1)CC2. The number of ether oxygens (including phenoxy) is 1. The number of nitrogens with zero attached hydrogens (tertiary/aromatic N) is 3. The van der Waals surface area contributed by atoms with Crippen molar-refractivity contribution in [1.29, 1.82) is 0 Å². The van der Waals surface area contributed by atoms with Gasteiger partial charge in [-0.05, 0) is 37.6 Å². The molecular formula is C25H25N3O3. The van der Waals surface area contributed by atoms with Crippen molar-refractivity contribution in [3.05, 3.63) is 88.8 Å². The van der Waals surface area contributed by atoms with Crippen molar-refractivity contribution in [3.8, 4) is 5.69 Å². The average Bonchev–Trinajstić information content (AvgIpc) is 3.18. The van der Waals surface area contributed by atoms with Gasteiger partial charge in [0, 0.05) is 24.6 Å². The third kappa shape index (κ3) is 4.43. The van der Waals surface area contributed by atoms with E-state index >= 15 is 0 Å². The van der Waals surface area contributed by atoms with E-state index < -0.39 is 5.97 Å². The maximum atomic E-state index is 12.8. The number of benzene rings is 2. The monoisotopic (exact) mass is 415 g/mol. The van der Waals surface area contributed by atoms with Gasteiger partial charge in [-0.15, -0.1) is 0 Å². The Kier molecular flexibility index (Phi) is 5.98. The number of aromatic nitrogens is 2. The lowest BCUT2D eigenvalue weighted by Crippen LogP contribution is -2.35. The summed E-state index contributed by atoms with van der Waals surface area (Å²) in [5.74, 6) is -0.550. The number of amides is 1. The van der Waals surface area contributed by atoms with Crippen LogP contribution in [0.2, 0.25) is 0 Å². The molecule has 0 atom stereocenters. The second kappa shape index (κ2) is 9.00. The van der Waals surface area contributed by atoms with Crippen molar-refractivity contribution in [3.63, 3.8) is 0 Å². The second-order valence-corrected chi connectivity index (χ2v) is 7.50. The van der Waals surface area contributed by atoms with E-state index in [0.717, 1.165) is 28.1 Å². The first-order valence-corrected chi connectivity index (χ1v) is 10.4. The summed E-state index contributed by atoms with van der Waals surface area (Å²) in [5, 5.41) is 4.58. The molecule has 0 radical (unpaired) electrons. The topological polar surface area (TPSA) is 64.4 Å². The summed E-state index contributed by atoms with van der Waals surface area (Å²) in [7, 11) is 0. The third-order valence-corrected chi connectivity index (χ3v) is 5.33. The molecule has 6 heteroatoms. The third-order valence-electron chi connectivity index (χ3n) is 5.33. The molecule has 0 bridgehead atoms. The lowest BCUT2D eigenvalue weighted by atomic mass is 10.0. The molecule has 0 N–H and O–H groups in total. The van der Waals surface area contributed by atoms with Gasteiger partial charge in [0.05, 0.1) is 24.5 Å². The van der Waals surface area contributed by atoms with Crippen LogP contribution >= 0.6 is 0 Å². The molecule has 2 aromatic carbocycles. The van der Waals surface area contributed by atoms with E-state index in [1.807, 2.05) is 66.2 Å². The summed E-state index contributed by atoms with van der Waals surface area (Å²) < 4.78 is 7.04. The van der Waals surface area contributed by atoms with E-state index in [-0.39, 0.29) is 18.2 Å². The van der Waals surface area contributed by atoms with Gasteiger partial charge in [0.15, 0.2) is 5.69 Å². The van der Waals surface area contributed by atoms with Gasteiger partial charge in [-0.2, -0.15) is 5.10 Å². The van der Waals surface area contributed by atoms with Gasteiger partial charge < -0.3 is 9.64 Å². The number of rotatable bonds is 5. The summed E-state index contributed by atoms with van der Waals surface area (Å²) in [4.78, 5) is 27.1. The molecule has 6 nitrogen and oxygen atoms in total. The van der Waals surface area contributed by atoms with Crippen LogP contribution < -0.4 is 0 Å². The van der Waals surface area contributed by atoms with E-state index in [0.29, 0.717) is 19.5 Å².